The van der Waals surface area contributed by atoms with Gasteiger partial charge in [0, 0.05) is 19.3 Å². The summed E-state index contributed by atoms with van der Waals surface area (Å²) in [5.74, 6) is -1.56. The molecule has 0 aliphatic heterocycles. The van der Waals surface area contributed by atoms with Crippen LogP contribution in [-0.4, -0.2) is 66.5 Å². The SMILES string of the molecule is CC/C=C\C/C=C\C/C=C\C/C=C\C/C=C\CCCC(=O)OC(COC(=O)CCCCCCCCCCC)COP(=O)(O)OCC(CO)OC(=O)CCCCCCC/C=C\C/C=C\CCCCC. The van der Waals surface area contributed by atoms with Crippen LogP contribution in [0, 0.1) is 0 Å². The molecule has 0 fully saturated rings. The number of unbranched alkanes of at least 4 members (excludes halogenated alkanes) is 17. The minimum Gasteiger partial charge on any atom is -0.462 e. The summed E-state index contributed by atoms with van der Waals surface area (Å²) in [6, 6.07) is 0. The van der Waals surface area contributed by atoms with Gasteiger partial charge in [0.05, 0.1) is 19.8 Å². The molecule has 0 aliphatic carbocycles. The fraction of sp³-hybridized carbons (Fsp3) is 0.696. The van der Waals surface area contributed by atoms with E-state index in [1.165, 1.54) is 51.4 Å². The zero-order chi connectivity index (χ0) is 49.9. The first-order chi connectivity index (χ1) is 33.2. The van der Waals surface area contributed by atoms with Gasteiger partial charge in [-0.15, -0.1) is 0 Å². The van der Waals surface area contributed by atoms with Crippen LogP contribution in [0.3, 0.4) is 0 Å². The maximum Gasteiger partial charge on any atom is 0.472 e. The smallest absolute Gasteiger partial charge is 0.462 e. The van der Waals surface area contributed by atoms with E-state index in [4.69, 9.17) is 23.3 Å². The molecule has 0 aromatic heterocycles. The highest BCUT2D eigenvalue weighted by molar-refractivity contribution is 7.47. The van der Waals surface area contributed by atoms with Gasteiger partial charge in [-0.2, -0.15) is 0 Å². The van der Waals surface area contributed by atoms with Crippen molar-refractivity contribution >= 4 is 25.7 Å². The highest BCUT2D eigenvalue weighted by Gasteiger charge is 2.28. The van der Waals surface area contributed by atoms with Crippen LogP contribution in [0.1, 0.15) is 213 Å². The van der Waals surface area contributed by atoms with Crippen molar-refractivity contribution < 1.29 is 52.2 Å². The fourth-order valence-corrected chi connectivity index (χ4v) is 7.56. The monoisotopic (exact) mass is 975 g/mol. The van der Waals surface area contributed by atoms with Crippen molar-refractivity contribution in [2.24, 2.45) is 0 Å². The van der Waals surface area contributed by atoms with Crippen LogP contribution in [0.4, 0.5) is 0 Å². The Labute approximate surface area is 413 Å². The molecule has 0 aromatic rings. The van der Waals surface area contributed by atoms with E-state index in [1.807, 2.05) is 12.2 Å². The van der Waals surface area contributed by atoms with Gasteiger partial charge in [0.15, 0.2) is 6.10 Å². The number of phosphoric acid groups is 1. The first-order valence-corrected chi connectivity index (χ1v) is 28.0. The van der Waals surface area contributed by atoms with E-state index in [2.05, 4.69) is 93.7 Å². The molecular formula is C56H95O11P. The molecule has 11 nitrogen and oxygen atoms in total. The molecule has 0 spiro atoms. The molecule has 3 atom stereocenters. The maximum atomic E-state index is 12.8. The van der Waals surface area contributed by atoms with Crippen LogP contribution in [0.5, 0.6) is 0 Å². The molecule has 0 saturated heterocycles. The molecule has 0 aromatic carbocycles. The molecule has 68 heavy (non-hydrogen) atoms. The molecule has 0 heterocycles. The highest BCUT2D eigenvalue weighted by atomic mass is 31.2. The molecular weight excluding hydrogens is 880 g/mol. The van der Waals surface area contributed by atoms with Gasteiger partial charge in [-0.05, 0) is 89.9 Å². The van der Waals surface area contributed by atoms with Gasteiger partial charge in [-0.25, -0.2) is 4.57 Å². The maximum absolute atomic E-state index is 12.8. The molecule has 12 heteroatoms. The van der Waals surface area contributed by atoms with Crippen LogP contribution in [0.2, 0.25) is 0 Å². The third-order valence-electron chi connectivity index (χ3n) is 10.8. The van der Waals surface area contributed by atoms with Crippen LogP contribution in [0.25, 0.3) is 0 Å². The summed E-state index contributed by atoms with van der Waals surface area (Å²) < 4.78 is 39.3. The van der Waals surface area contributed by atoms with Crippen molar-refractivity contribution in [2.75, 3.05) is 26.4 Å². The second-order valence-corrected chi connectivity index (χ2v) is 18.8. The molecule has 0 rings (SSSR count). The molecule has 0 bridgehead atoms. The van der Waals surface area contributed by atoms with Crippen molar-refractivity contribution in [3.8, 4) is 0 Å². The largest absolute Gasteiger partial charge is 0.472 e. The van der Waals surface area contributed by atoms with Gasteiger partial charge < -0.3 is 24.2 Å². The predicted octanol–water partition coefficient (Wildman–Crippen LogP) is 15.1. The topological polar surface area (TPSA) is 155 Å². The average Bonchev–Trinajstić information content (AvgIpc) is 3.32. The molecule has 390 valence electrons. The third kappa shape index (κ3) is 47.7. The van der Waals surface area contributed by atoms with Gasteiger partial charge in [-0.3, -0.25) is 23.4 Å². The summed E-state index contributed by atoms with van der Waals surface area (Å²) in [5, 5.41) is 9.78. The molecule has 2 N–H and O–H groups in total. The Bertz CT molecular complexity index is 1460. The summed E-state index contributed by atoms with van der Waals surface area (Å²) in [5.41, 5.74) is 0. The molecule has 0 aliphatic rings. The Morgan fingerprint density at radius 2 is 0.779 bits per heavy atom. The van der Waals surface area contributed by atoms with Crippen LogP contribution in [0.15, 0.2) is 85.1 Å². The number of rotatable bonds is 48. The van der Waals surface area contributed by atoms with Crippen LogP contribution < -0.4 is 0 Å². The van der Waals surface area contributed by atoms with Crippen molar-refractivity contribution in [3.05, 3.63) is 85.1 Å². The van der Waals surface area contributed by atoms with E-state index in [9.17, 15) is 28.9 Å². The van der Waals surface area contributed by atoms with E-state index in [1.54, 1.807) is 0 Å². The lowest BCUT2D eigenvalue weighted by Crippen LogP contribution is -2.30. The number of hydrogen-bond acceptors (Lipinski definition) is 10. The molecule has 0 saturated carbocycles. The number of phosphoric ester groups is 1. The van der Waals surface area contributed by atoms with Gasteiger partial charge in [-0.1, -0.05) is 189 Å². The van der Waals surface area contributed by atoms with Crippen molar-refractivity contribution in [1.82, 2.24) is 0 Å². The summed E-state index contributed by atoms with van der Waals surface area (Å²) >= 11 is 0. The number of aliphatic hydroxyl groups is 1. The van der Waals surface area contributed by atoms with Crippen molar-refractivity contribution in [2.45, 2.75) is 226 Å². The Kier molecular flexibility index (Phi) is 47.6. The molecule has 0 radical (unpaired) electrons. The van der Waals surface area contributed by atoms with Gasteiger partial charge in [0.2, 0.25) is 0 Å². The molecule has 0 amide bonds. The van der Waals surface area contributed by atoms with Crippen LogP contribution in [-0.2, 0) is 42.2 Å². The minimum absolute atomic E-state index is 0.0865. The Morgan fingerprint density at radius 1 is 0.426 bits per heavy atom. The van der Waals surface area contributed by atoms with Crippen molar-refractivity contribution in [3.63, 3.8) is 0 Å². The highest BCUT2D eigenvalue weighted by Crippen LogP contribution is 2.43. The lowest BCUT2D eigenvalue weighted by Gasteiger charge is -2.21. The van der Waals surface area contributed by atoms with Crippen LogP contribution >= 0.6 is 7.82 Å². The van der Waals surface area contributed by atoms with E-state index in [-0.39, 0.29) is 25.9 Å². The second-order valence-electron chi connectivity index (χ2n) is 17.3. The Balaban J connectivity index is 4.78. The van der Waals surface area contributed by atoms with Gasteiger partial charge in [0.25, 0.3) is 0 Å². The number of ether oxygens (including phenoxy) is 3. The minimum atomic E-state index is -4.76. The van der Waals surface area contributed by atoms with Gasteiger partial charge in [0.1, 0.15) is 12.7 Å². The van der Waals surface area contributed by atoms with Gasteiger partial charge >= 0.3 is 25.7 Å². The van der Waals surface area contributed by atoms with E-state index in [0.717, 1.165) is 96.3 Å². The number of carbonyl (C=O) groups excluding carboxylic acids is 3. The first-order valence-electron chi connectivity index (χ1n) is 26.5. The average molecular weight is 975 g/mol. The van der Waals surface area contributed by atoms with E-state index >= 15 is 0 Å². The predicted molar refractivity (Wildman–Crippen MR) is 279 cm³/mol. The summed E-state index contributed by atoms with van der Waals surface area (Å²) in [4.78, 5) is 48.2. The Morgan fingerprint density at radius 3 is 1.26 bits per heavy atom. The van der Waals surface area contributed by atoms with E-state index in [0.29, 0.717) is 25.7 Å². The number of aliphatic hydroxyl groups excluding tert-OH is 1. The normalized spacial score (nSPS) is 14.1. The quantitative estimate of drug-likeness (QED) is 0.0197. The summed E-state index contributed by atoms with van der Waals surface area (Å²) in [7, 11) is -4.76. The third-order valence-corrected chi connectivity index (χ3v) is 11.8. The second kappa shape index (κ2) is 50.1. The lowest BCUT2D eigenvalue weighted by atomic mass is 10.1. The summed E-state index contributed by atoms with van der Waals surface area (Å²) in [6.07, 6.45) is 55.6. The lowest BCUT2D eigenvalue weighted by molar-refractivity contribution is -0.161. The first kappa shape index (κ1) is 64.7. The zero-order valence-electron chi connectivity index (χ0n) is 42.8. The molecule has 3 unspecified atom stereocenters. The zero-order valence-corrected chi connectivity index (χ0v) is 43.7. The number of hydrogen-bond donors (Lipinski definition) is 2. The van der Waals surface area contributed by atoms with E-state index < -0.39 is 57.8 Å². The fourth-order valence-electron chi connectivity index (χ4n) is 6.77. The number of carbonyl (C=O) groups is 3. The van der Waals surface area contributed by atoms with Crippen molar-refractivity contribution in [1.29, 1.82) is 0 Å². The summed E-state index contributed by atoms with van der Waals surface area (Å²) in [6.45, 7) is 4.38. The standard InChI is InChI=1S/C56H95O11P/c1-4-7-10-13-16-19-21-23-25-26-28-30-32-35-38-41-44-47-56(60)67-53(49-63-54(58)45-42-39-36-33-18-15-12-9-6-3)51-65-68(61,62)64-50-52(48-57)66-55(59)46-43-40-37-34-31-29-27-24-22-20-17-14-11-8-5-2/h7,10,16-17,19-20,23-25,27-28,30,35,38,52-53,57H,4-6,8-9,11-15,18,21-22,26,29,31-34,36-37,39-51H2,1-3H3,(H,61,62)/b10-7-,19-16-,20-17-,25-23-,27-24-,30-28-,38-35-. The Hall–Kier alpha value is -3.34. The number of allylic oxidation sites excluding steroid dienone is 14. The number of esters is 3.